The topological polar surface area (TPSA) is 56.8 Å². The third-order valence-electron chi connectivity index (χ3n) is 6.35. The average molecular weight is 401 g/mol. The Morgan fingerprint density at radius 1 is 0.867 bits per heavy atom. The van der Waals surface area contributed by atoms with Crippen molar-refractivity contribution in [1.29, 1.82) is 10.5 Å². The van der Waals surface area contributed by atoms with Crippen LogP contribution in [-0.2, 0) is 0 Å². The first-order valence-electron chi connectivity index (χ1n) is 11.4. The van der Waals surface area contributed by atoms with Gasteiger partial charge >= 0.3 is 0 Å². The maximum atomic E-state index is 9.92. The van der Waals surface area contributed by atoms with Crippen molar-refractivity contribution in [3.8, 4) is 29.0 Å². The molecule has 156 valence electrons. The smallest absolute Gasteiger partial charge is 0.119 e. The van der Waals surface area contributed by atoms with Gasteiger partial charge in [-0.05, 0) is 67.2 Å². The van der Waals surface area contributed by atoms with Crippen LogP contribution in [0.4, 0.5) is 0 Å². The summed E-state index contributed by atoms with van der Waals surface area (Å²) in [6.45, 7) is 5.02. The first-order valence-corrected chi connectivity index (χ1v) is 11.4. The second kappa shape index (κ2) is 10.8. The standard InChI is InChI=1S/C27H32N2O/c1-3-5-6-20-7-9-21(10-8-20)24-15-16-25(27(19-29)26(24)18-28)22-11-13-23(14-12-22)30-17-4-2/h11-16,20-21H,3-10,17H2,1-2H3. The third-order valence-corrected chi connectivity index (χ3v) is 6.35. The van der Waals surface area contributed by atoms with E-state index in [0.29, 0.717) is 23.7 Å². The van der Waals surface area contributed by atoms with Gasteiger partial charge in [-0.15, -0.1) is 0 Å². The van der Waals surface area contributed by atoms with Gasteiger partial charge in [0.25, 0.3) is 0 Å². The maximum Gasteiger partial charge on any atom is 0.119 e. The molecule has 2 aromatic carbocycles. The van der Waals surface area contributed by atoms with E-state index in [2.05, 4.69) is 32.1 Å². The lowest BCUT2D eigenvalue weighted by Gasteiger charge is -2.29. The zero-order chi connectivity index (χ0) is 21.3. The summed E-state index contributed by atoms with van der Waals surface area (Å²) < 4.78 is 5.66. The van der Waals surface area contributed by atoms with Gasteiger partial charge in [-0.1, -0.05) is 57.4 Å². The summed E-state index contributed by atoms with van der Waals surface area (Å²) in [5.74, 6) is 2.05. The zero-order valence-electron chi connectivity index (χ0n) is 18.3. The lowest BCUT2D eigenvalue weighted by atomic mass is 9.75. The van der Waals surface area contributed by atoms with Gasteiger partial charge in [0.2, 0.25) is 0 Å². The summed E-state index contributed by atoms with van der Waals surface area (Å²) in [5, 5.41) is 19.8. The summed E-state index contributed by atoms with van der Waals surface area (Å²) in [6.07, 6.45) is 9.58. The summed E-state index contributed by atoms with van der Waals surface area (Å²) in [7, 11) is 0. The number of nitrogens with zero attached hydrogens (tertiary/aromatic N) is 2. The lowest BCUT2D eigenvalue weighted by Crippen LogP contribution is -2.15. The van der Waals surface area contributed by atoms with E-state index < -0.39 is 0 Å². The minimum atomic E-state index is 0.392. The van der Waals surface area contributed by atoms with E-state index in [1.165, 1.54) is 32.1 Å². The number of hydrogen-bond acceptors (Lipinski definition) is 3. The van der Waals surface area contributed by atoms with Crippen molar-refractivity contribution in [2.75, 3.05) is 6.61 Å². The quantitative estimate of drug-likeness (QED) is 0.465. The van der Waals surface area contributed by atoms with E-state index in [1.807, 2.05) is 30.3 Å². The van der Waals surface area contributed by atoms with Crippen LogP contribution in [0.1, 0.15) is 87.8 Å². The first kappa shape index (κ1) is 21.9. The van der Waals surface area contributed by atoms with Gasteiger partial charge < -0.3 is 4.74 Å². The molecule has 1 fully saturated rings. The Hall–Kier alpha value is -2.78. The van der Waals surface area contributed by atoms with Crippen LogP contribution in [0, 0.1) is 28.6 Å². The van der Waals surface area contributed by atoms with Crippen LogP contribution in [0.2, 0.25) is 0 Å². The minimum absolute atomic E-state index is 0.392. The van der Waals surface area contributed by atoms with Gasteiger partial charge in [0.1, 0.15) is 17.9 Å². The molecule has 0 aliphatic heterocycles. The highest BCUT2D eigenvalue weighted by atomic mass is 16.5. The average Bonchev–Trinajstić information content (AvgIpc) is 2.81. The fourth-order valence-electron chi connectivity index (χ4n) is 4.64. The van der Waals surface area contributed by atoms with Gasteiger partial charge in [0.15, 0.2) is 0 Å². The van der Waals surface area contributed by atoms with Gasteiger partial charge in [0, 0.05) is 5.56 Å². The van der Waals surface area contributed by atoms with Gasteiger partial charge in [-0.25, -0.2) is 0 Å². The number of hydrogen-bond donors (Lipinski definition) is 0. The fourth-order valence-corrected chi connectivity index (χ4v) is 4.64. The Morgan fingerprint density at radius 3 is 2.17 bits per heavy atom. The number of nitriles is 2. The van der Waals surface area contributed by atoms with Crippen LogP contribution < -0.4 is 4.74 Å². The largest absolute Gasteiger partial charge is 0.494 e. The molecule has 0 amide bonds. The molecule has 1 saturated carbocycles. The van der Waals surface area contributed by atoms with E-state index >= 15 is 0 Å². The molecular formula is C27H32N2O. The van der Waals surface area contributed by atoms with Crippen LogP contribution >= 0.6 is 0 Å². The van der Waals surface area contributed by atoms with E-state index in [0.717, 1.165) is 47.6 Å². The summed E-state index contributed by atoms with van der Waals surface area (Å²) in [6, 6.07) is 16.6. The number of ether oxygens (including phenoxy) is 1. The van der Waals surface area contributed by atoms with Crippen molar-refractivity contribution < 1.29 is 4.74 Å². The Morgan fingerprint density at radius 2 is 1.57 bits per heavy atom. The Kier molecular flexibility index (Phi) is 7.92. The first-order chi connectivity index (χ1) is 14.7. The third kappa shape index (κ3) is 5.03. The van der Waals surface area contributed by atoms with Crippen LogP contribution in [-0.4, -0.2) is 6.61 Å². The molecule has 3 heteroatoms. The van der Waals surface area contributed by atoms with Crippen LogP contribution in [0.3, 0.4) is 0 Å². The second-order valence-corrected chi connectivity index (χ2v) is 8.41. The van der Waals surface area contributed by atoms with Crippen LogP contribution in [0.5, 0.6) is 5.75 Å². The molecule has 0 aromatic heterocycles. The van der Waals surface area contributed by atoms with Crippen molar-refractivity contribution in [3.05, 3.63) is 53.1 Å². The van der Waals surface area contributed by atoms with Gasteiger partial charge in [0.05, 0.1) is 17.7 Å². The maximum absolute atomic E-state index is 9.92. The molecule has 3 nitrogen and oxygen atoms in total. The van der Waals surface area contributed by atoms with Crippen molar-refractivity contribution in [3.63, 3.8) is 0 Å². The Bertz CT molecular complexity index is 910. The molecule has 0 heterocycles. The van der Waals surface area contributed by atoms with Gasteiger partial charge in [-0.3, -0.25) is 0 Å². The lowest BCUT2D eigenvalue weighted by molar-refractivity contribution is 0.304. The van der Waals surface area contributed by atoms with Gasteiger partial charge in [-0.2, -0.15) is 10.5 Å². The molecule has 0 bridgehead atoms. The van der Waals surface area contributed by atoms with E-state index in [4.69, 9.17) is 4.74 Å². The minimum Gasteiger partial charge on any atom is -0.494 e. The van der Waals surface area contributed by atoms with Crippen molar-refractivity contribution >= 4 is 0 Å². The van der Waals surface area contributed by atoms with E-state index in [-0.39, 0.29) is 0 Å². The molecule has 0 unspecified atom stereocenters. The van der Waals surface area contributed by atoms with Crippen molar-refractivity contribution in [2.45, 2.75) is 71.1 Å². The molecular weight excluding hydrogens is 368 g/mol. The predicted octanol–water partition coefficient (Wildman–Crippen LogP) is 7.35. The highest BCUT2D eigenvalue weighted by molar-refractivity contribution is 5.75. The molecule has 30 heavy (non-hydrogen) atoms. The number of rotatable bonds is 8. The molecule has 3 rings (SSSR count). The predicted molar refractivity (Wildman–Crippen MR) is 121 cm³/mol. The zero-order valence-corrected chi connectivity index (χ0v) is 18.3. The van der Waals surface area contributed by atoms with Crippen molar-refractivity contribution in [2.24, 2.45) is 5.92 Å². The summed E-state index contributed by atoms with van der Waals surface area (Å²) in [4.78, 5) is 0. The van der Waals surface area contributed by atoms with Crippen LogP contribution in [0.15, 0.2) is 36.4 Å². The number of benzene rings is 2. The highest BCUT2D eigenvalue weighted by Crippen LogP contribution is 2.41. The molecule has 1 aliphatic carbocycles. The summed E-state index contributed by atoms with van der Waals surface area (Å²) in [5.41, 5.74) is 3.91. The molecule has 0 atom stereocenters. The molecule has 0 N–H and O–H groups in total. The molecule has 0 saturated heterocycles. The monoisotopic (exact) mass is 400 g/mol. The molecule has 2 aromatic rings. The fraction of sp³-hybridized carbons (Fsp3) is 0.481. The Balaban J connectivity index is 1.84. The summed E-state index contributed by atoms with van der Waals surface area (Å²) >= 11 is 0. The normalized spacial score (nSPS) is 18.4. The highest BCUT2D eigenvalue weighted by Gasteiger charge is 2.26. The molecule has 0 spiro atoms. The molecule has 0 radical (unpaired) electrons. The second-order valence-electron chi connectivity index (χ2n) is 8.41. The van der Waals surface area contributed by atoms with E-state index in [9.17, 15) is 10.5 Å². The molecule has 1 aliphatic rings. The SMILES string of the molecule is CCCCC1CCC(c2ccc(-c3ccc(OCCC)cc3)c(C#N)c2C#N)CC1. The van der Waals surface area contributed by atoms with Crippen LogP contribution in [0.25, 0.3) is 11.1 Å². The Labute approximate surface area is 181 Å². The van der Waals surface area contributed by atoms with Crippen molar-refractivity contribution in [1.82, 2.24) is 0 Å². The number of unbranched alkanes of at least 4 members (excludes halogenated alkanes) is 1. The van der Waals surface area contributed by atoms with E-state index in [1.54, 1.807) is 0 Å².